The van der Waals surface area contributed by atoms with Gasteiger partial charge >= 0.3 is 5.97 Å². The second-order valence-corrected chi connectivity index (χ2v) is 6.91. The lowest BCUT2D eigenvalue weighted by Gasteiger charge is -2.27. The number of unbranched alkanes of at least 4 members (excludes halogenated alkanes) is 2. The van der Waals surface area contributed by atoms with Gasteiger partial charge in [0, 0.05) is 0 Å². The summed E-state index contributed by atoms with van der Waals surface area (Å²) in [6.07, 6.45) is 11.2. The average Bonchev–Trinajstić information content (AvgIpc) is 2.65. The first-order valence-electron chi connectivity index (χ1n) is 9.54. The highest BCUT2D eigenvalue weighted by Crippen LogP contribution is 2.34. The van der Waals surface area contributed by atoms with E-state index in [1.807, 2.05) is 0 Å². The minimum absolute atomic E-state index is 0.237. The van der Waals surface area contributed by atoms with Crippen LogP contribution in [0.25, 0.3) is 0 Å². The number of carbonyl (C=O) groups is 1. The van der Waals surface area contributed by atoms with Crippen LogP contribution in [-0.4, -0.2) is 5.97 Å². The molecule has 1 aliphatic rings. The van der Waals surface area contributed by atoms with Gasteiger partial charge in [-0.3, -0.25) is 4.79 Å². The van der Waals surface area contributed by atoms with Crippen molar-refractivity contribution in [2.24, 2.45) is 11.8 Å². The van der Waals surface area contributed by atoms with Gasteiger partial charge in [-0.2, -0.15) is 8.78 Å². The maximum absolute atomic E-state index is 14.1. The van der Waals surface area contributed by atoms with Crippen LogP contribution in [0.3, 0.4) is 0 Å². The van der Waals surface area contributed by atoms with Crippen molar-refractivity contribution in [1.82, 2.24) is 0 Å². The minimum atomic E-state index is -1.20. The van der Waals surface area contributed by atoms with Gasteiger partial charge < -0.3 is 9.47 Å². The maximum Gasteiger partial charge on any atom is 0.314 e. The zero-order valence-corrected chi connectivity index (χ0v) is 15.6. The number of hydrogen-bond acceptors (Lipinski definition) is 3. The Morgan fingerprint density at radius 3 is 2.42 bits per heavy atom. The summed E-state index contributed by atoms with van der Waals surface area (Å²) in [4.78, 5) is 12.3. The largest absolute Gasteiger partial charge is 0.462 e. The lowest BCUT2D eigenvalue weighted by Crippen LogP contribution is -2.26. The molecule has 26 heavy (non-hydrogen) atoms. The molecule has 0 aromatic heterocycles. The predicted octanol–water partition coefficient (Wildman–Crippen LogP) is 6.17. The lowest BCUT2D eigenvalue weighted by atomic mass is 9.80. The number of carbonyl (C=O) groups excluding carboxylic acids is 1. The standard InChI is InChI=1S/C21H28F2O3/c1-3-5-6-7-15-8-10-16(11-9-15)21(24)26-18-13-12-17(25-14-4-2)19(22)20(18)23/h4,12-16H,3,5-11H2,1-2H3. The van der Waals surface area contributed by atoms with Crippen molar-refractivity contribution >= 4 is 5.97 Å². The maximum atomic E-state index is 14.1. The molecular formula is C21H28F2O3. The van der Waals surface area contributed by atoms with Gasteiger partial charge in [-0.05, 0) is 50.7 Å². The molecule has 0 unspecified atom stereocenters. The molecule has 0 saturated heterocycles. The third-order valence-electron chi connectivity index (χ3n) is 4.95. The molecule has 1 fully saturated rings. The first-order valence-corrected chi connectivity index (χ1v) is 9.54. The highest BCUT2D eigenvalue weighted by Gasteiger charge is 2.28. The molecule has 1 aromatic carbocycles. The van der Waals surface area contributed by atoms with Gasteiger partial charge in [0.25, 0.3) is 0 Å². The summed E-state index contributed by atoms with van der Waals surface area (Å²) in [5.74, 6) is -3.03. The van der Waals surface area contributed by atoms with Gasteiger partial charge in [-0.15, -0.1) is 0 Å². The van der Waals surface area contributed by atoms with Crippen molar-refractivity contribution in [2.45, 2.75) is 65.2 Å². The summed E-state index contributed by atoms with van der Waals surface area (Å²) in [6, 6.07) is 2.48. The summed E-state index contributed by atoms with van der Waals surface area (Å²) in [5.41, 5.74) is 0. The summed E-state index contributed by atoms with van der Waals surface area (Å²) >= 11 is 0. The van der Waals surface area contributed by atoms with Gasteiger partial charge in [-0.25, -0.2) is 0 Å². The van der Waals surface area contributed by atoms with Crippen LogP contribution >= 0.6 is 0 Å². The van der Waals surface area contributed by atoms with E-state index in [9.17, 15) is 13.6 Å². The van der Waals surface area contributed by atoms with Crippen LogP contribution in [0, 0.1) is 23.5 Å². The van der Waals surface area contributed by atoms with Crippen LogP contribution in [0.1, 0.15) is 65.2 Å². The van der Waals surface area contributed by atoms with Crippen LogP contribution in [0.5, 0.6) is 11.5 Å². The van der Waals surface area contributed by atoms with E-state index in [4.69, 9.17) is 9.47 Å². The van der Waals surface area contributed by atoms with E-state index in [1.165, 1.54) is 44.1 Å². The van der Waals surface area contributed by atoms with Crippen molar-refractivity contribution in [2.75, 3.05) is 0 Å². The molecule has 0 atom stereocenters. The summed E-state index contributed by atoms with van der Waals surface area (Å²) in [6.45, 7) is 3.89. The molecule has 5 heteroatoms. The molecule has 144 valence electrons. The number of halogens is 2. The fraction of sp³-hybridized carbons (Fsp3) is 0.571. The Balaban J connectivity index is 1.89. The number of rotatable bonds is 8. The van der Waals surface area contributed by atoms with E-state index < -0.39 is 17.6 Å². The molecule has 0 bridgehead atoms. The molecule has 0 spiro atoms. The fourth-order valence-electron chi connectivity index (χ4n) is 3.39. The number of esters is 1. The number of hydrogen-bond donors (Lipinski definition) is 0. The number of ether oxygens (including phenoxy) is 2. The quantitative estimate of drug-likeness (QED) is 0.239. The van der Waals surface area contributed by atoms with E-state index in [0.717, 1.165) is 25.7 Å². The molecule has 0 N–H and O–H groups in total. The first-order chi connectivity index (χ1) is 12.6. The van der Waals surface area contributed by atoms with Crippen LogP contribution in [0.4, 0.5) is 8.78 Å². The van der Waals surface area contributed by atoms with Crippen molar-refractivity contribution in [3.05, 3.63) is 36.1 Å². The zero-order chi connectivity index (χ0) is 18.9. The van der Waals surface area contributed by atoms with Gasteiger partial charge in [0.15, 0.2) is 11.5 Å². The summed E-state index contributed by atoms with van der Waals surface area (Å²) < 4.78 is 38.1. The highest BCUT2D eigenvalue weighted by atomic mass is 19.2. The molecule has 1 saturated carbocycles. The molecule has 1 aromatic rings. The predicted molar refractivity (Wildman–Crippen MR) is 97.0 cm³/mol. The first kappa shape index (κ1) is 20.4. The Kier molecular flexibility index (Phi) is 8.07. The molecule has 1 aliphatic carbocycles. The minimum Gasteiger partial charge on any atom is -0.462 e. The van der Waals surface area contributed by atoms with Crippen molar-refractivity contribution < 1.29 is 23.0 Å². The van der Waals surface area contributed by atoms with Crippen molar-refractivity contribution in [3.63, 3.8) is 0 Å². The van der Waals surface area contributed by atoms with Crippen LogP contribution in [-0.2, 0) is 4.79 Å². The molecule has 0 aliphatic heterocycles. The third-order valence-corrected chi connectivity index (χ3v) is 4.95. The topological polar surface area (TPSA) is 35.5 Å². The van der Waals surface area contributed by atoms with Gasteiger partial charge in [-0.1, -0.05) is 38.7 Å². The Morgan fingerprint density at radius 2 is 1.77 bits per heavy atom. The number of benzene rings is 1. The Morgan fingerprint density at radius 1 is 1.12 bits per heavy atom. The van der Waals surface area contributed by atoms with Crippen LogP contribution in [0.2, 0.25) is 0 Å². The van der Waals surface area contributed by atoms with Gasteiger partial charge in [0.05, 0.1) is 12.2 Å². The van der Waals surface area contributed by atoms with E-state index >= 15 is 0 Å². The molecule has 0 heterocycles. The van der Waals surface area contributed by atoms with E-state index in [2.05, 4.69) is 6.92 Å². The normalized spacial score (nSPS) is 20.3. The second kappa shape index (κ2) is 10.3. The van der Waals surface area contributed by atoms with Crippen LogP contribution < -0.4 is 9.47 Å². The summed E-state index contributed by atoms with van der Waals surface area (Å²) in [7, 11) is 0. The molecule has 0 radical (unpaired) electrons. The van der Waals surface area contributed by atoms with Gasteiger partial charge in [0.1, 0.15) is 0 Å². The second-order valence-electron chi connectivity index (χ2n) is 6.91. The SMILES string of the molecule is CC=COc1ccc(OC(=O)C2CCC(CCCCC)CC2)c(F)c1F. The Hall–Kier alpha value is -1.91. The smallest absolute Gasteiger partial charge is 0.314 e. The molecule has 0 amide bonds. The fourth-order valence-corrected chi connectivity index (χ4v) is 3.39. The molecular weight excluding hydrogens is 338 g/mol. The Labute approximate surface area is 154 Å². The highest BCUT2D eigenvalue weighted by molar-refractivity contribution is 5.75. The zero-order valence-electron chi connectivity index (χ0n) is 15.6. The molecule has 2 rings (SSSR count). The van der Waals surface area contributed by atoms with Crippen molar-refractivity contribution in [1.29, 1.82) is 0 Å². The van der Waals surface area contributed by atoms with E-state index in [1.54, 1.807) is 13.0 Å². The average molecular weight is 366 g/mol. The van der Waals surface area contributed by atoms with Crippen LogP contribution in [0.15, 0.2) is 24.5 Å². The summed E-state index contributed by atoms with van der Waals surface area (Å²) in [5, 5.41) is 0. The Bertz CT molecular complexity index is 620. The third kappa shape index (κ3) is 5.55. The van der Waals surface area contributed by atoms with Gasteiger partial charge in [0.2, 0.25) is 11.6 Å². The lowest BCUT2D eigenvalue weighted by molar-refractivity contribution is -0.140. The monoisotopic (exact) mass is 366 g/mol. The number of allylic oxidation sites excluding steroid dienone is 1. The van der Waals surface area contributed by atoms with E-state index in [-0.39, 0.29) is 17.4 Å². The van der Waals surface area contributed by atoms with Crippen molar-refractivity contribution in [3.8, 4) is 11.5 Å². The van der Waals surface area contributed by atoms with E-state index in [0.29, 0.717) is 5.92 Å². The molecule has 3 nitrogen and oxygen atoms in total.